The van der Waals surface area contributed by atoms with Crippen LogP contribution in [0, 0.1) is 35.5 Å². The fraction of sp³-hybridized carbons (Fsp3) is 0.636. The smallest absolute Gasteiger partial charge is 0.307 e. The number of carbonyl (C=O) groups is 2. The monoisotopic (exact) mass is 208 g/mol. The molecule has 3 rings (SSSR count). The Labute approximate surface area is 86.6 Å². The van der Waals surface area contributed by atoms with E-state index in [4.69, 9.17) is 10.2 Å². The van der Waals surface area contributed by atoms with Crippen LogP contribution in [-0.4, -0.2) is 22.2 Å². The zero-order valence-corrected chi connectivity index (χ0v) is 8.04. The third-order valence-electron chi connectivity index (χ3n) is 4.37. The SMILES string of the molecule is O=C(O)[C@@H]1C2C3C=CC(C3)C2[C@@H]1C(=O)O. The average molecular weight is 208 g/mol. The molecule has 2 fully saturated rings. The normalized spacial score (nSPS) is 49.9. The van der Waals surface area contributed by atoms with Crippen LogP contribution in [0.1, 0.15) is 6.42 Å². The highest BCUT2D eigenvalue weighted by Crippen LogP contribution is 2.63. The summed E-state index contributed by atoms with van der Waals surface area (Å²) in [5.41, 5.74) is 0. The van der Waals surface area contributed by atoms with Gasteiger partial charge in [-0.3, -0.25) is 9.59 Å². The number of carboxylic acid groups (broad SMARTS) is 2. The van der Waals surface area contributed by atoms with E-state index in [1.165, 1.54) is 0 Å². The van der Waals surface area contributed by atoms with E-state index in [0.29, 0.717) is 11.8 Å². The van der Waals surface area contributed by atoms with Gasteiger partial charge in [-0.05, 0) is 30.1 Å². The second kappa shape index (κ2) is 2.62. The first-order valence-corrected chi connectivity index (χ1v) is 5.25. The molecular weight excluding hydrogens is 196 g/mol. The van der Waals surface area contributed by atoms with Gasteiger partial charge in [0.05, 0.1) is 11.8 Å². The van der Waals surface area contributed by atoms with Crippen molar-refractivity contribution in [3.05, 3.63) is 12.2 Å². The molecule has 0 spiro atoms. The number of rotatable bonds is 2. The van der Waals surface area contributed by atoms with Gasteiger partial charge in [-0.1, -0.05) is 12.2 Å². The van der Waals surface area contributed by atoms with Crippen molar-refractivity contribution in [2.45, 2.75) is 6.42 Å². The van der Waals surface area contributed by atoms with E-state index in [-0.39, 0.29) is 11.8 Å². The fourth-order valence-electron chi connectivity index (χ4n) is 3.88. The number of hydrogen-bond acceptors (Lipinski definition) is 2. The predicted molar refractivity (Wildman–Crippen MR) is 50.0 cm³/mol. The molecule has 15 heavy (non-hydrogen) atoms. The molecule has 4 unspecified atom stereocenters. The van der Waals surface area contributed by atoms with E-state index in [0.717, 1.165) is 6.42 Å². The van der Waals surface area contributed by atoms with E-state index in [1.54, 1.807) is 0 Å². The first-order valence-electron chi connectivity index (χ1n) is 5.25. The number of allylic oxidation sites excluding steroid dienone is 2. The van der Waals surface area contributed by atoms with E-state index in [1.807, 2.05) is 0 Å². The van der Waals surface area contributed by atoms with Crippen molar-refractivity contribution in [1.82, 2.24) is 0 Å². The fourth-order valence-corrected chi connectivity index (χ4v) is 3.88. The quantitative estimate of drug-likeness (QED) is 0.659. The molecule has 2 bridgehead atoms. The summed E-state index contributed by atoms with van der Waals surface area (Å²) < 4.78 is 0. The maximum Gasteiger partial charge on any atom is 0.307 e. The Bertz CT molecular complexity index is 339. The van der Waals surface area contributed by atoms with Gasteiger partial charge in [-0.15, -0.1) is 0 Å². The molecule has 0 heterocycles. The van der Waals surface area contributed by atoms with E-state index < -0.39 is 23.8 Å². The second-order valence-corrected chi connectivity index (χ2v) is 4.83. The Morgan fingerprint density at radius 1 is 0.933 bits per heavy atom. The molecule has 2 N–H and O–H groups in total. The van der Waals surface area contributed by atoms with Crippen LogP contribution in [0.4, 0.5) is 0 Å². The van der Waals surface area contributed by atoms with Crippen LogP contribution in [0.5, 0.6) is 0 Å². The Balaban J connectivity index is 1.94. The molecule has 0 aliphatic heterocycles. The Kier molecular flexibility index (Phi) is 1.56. The largest absolute Gasteiger partial charge is 0.481 e. The second-order valence-electron chi connectivity index (χ2n) is 4.83. The summed E-state index contributed by atoms with van der Waals surface area (Å²) in [6.45, 7) is 0. The standard InChI is InChI=1S/C11H12O4/c12-10(13)8-6-4-1-2-5(3-4)7(6)9(8)11(14)15/h1-2,4-9H,3H2,(H,12,13)(H,14,15)/t4?,5?,6?,7?,8-,9+. The Morgan fingerprint density at radius 2 is 1.33 bits per heavy atom. The zero-order chi connectivity index (χ0) is 10.7. The third kappa shape index (κ3) is 0.919. The minimum Gasteiger partial charge on any atom is -0.481 e. The van der Waals surface area contributed by atoms with Gasteiger partial charge in [0.2, 0.25) is 0 Å². The minimum absolute atomic E-state index is 0.0820. The summed E-state index contributed by atoms with van der Waals surface area (Å²) >= 11 is 0. The first-order chi connectivity index (χ1) is 7.11. The predicted octanol–water partition coefficient (Wildman–Crippen LogP) is 0.840. The summed E-state index contributed by atoms with van der Waals surface area (Å²) in [5.74, 6) is -2.40. The van der Waals surface area contributed by atoms with Gasteiger partial charge in [-0.25, -0.2) is 0 Å². The highest BCUT2D eigenvalue weighted by atomic mass is 16.4. The van der Waals surface area contributed by atoms with Crippen molar-refractivity contribution in [1.29, 1.82) is 0 Å². The lowest BCUT2D eigenvalue weighted by Crippen LogP contribution is -2.55. The summed E-state index contributed by atoms with van der Waals surface area (Å²) in [4.78, 5) is 22.1. The molecule has 2 saturated carbocycles. The molecule has 6 atom stereocenters. The van der Waals surface area contributed by atoms with Gasteiger partial charge in [-0.2, -0.15) is 0 Å². The first kappa shape index (κ1) is 8.95. The molecule has 0 radical (unpaired) electrons. The van der Waals surface area contributed by atoms with Crippen molar-refractivity contribution in [3.8, 4) is 0 Å². The molecule has 3 aliphatic rings. The van der Waals surface area contributed by atoms with Crippen LogP contribution in [0.2, 0.25) is 0 Å². The molecule has 0 amide bonds. The Hall–Kier alpha value is -1.32. The van der Waals surface area contributed by atoms with Crippen molar-refractivity contribution in [2.24, 2.45) is 35.5 Å². The van der Waals surface area contributed by atoms with Crippen molar-refractivity contribution < 1.29 is 19.8 Å². The number of fused-ring (bicyclic) bond motifs is 5. The topological polar surface area (TPSA) is 74.6 Å². The van der Waals surface area contributed by atoms with Crippen LogP contribution in [0.25, 0.3) is 0 Å². The van der Waals surface area contributed by atoms with Crippen LogP contribution in [0.3, 0.4) is 0 Å². The van der Waals surface area contributed by atoms with Gasteiger partial charge < -0.3 is 10.2 Å². The van der Waals surface area contributed by atoms with E-state index in [2.05, 4.69) is 12.2 Å². The van der Waals surface area contributed by atoms with Gasteiger partial charge in [0, 0.05) is 0 Å². The number of aliphatic carboxylic acids is 2. The summed E-state index contributed by atoms with van der Waals surface area (Å²) in [6, 6.07) is 0. The molecule has 0 aromatic rings. The van der Waals surface area contributed by atoms with Crippen LogP contribution in [-0.2, 0) is 9.59 Å². The highest BCUT2D eigenvalue weighted by Gasteiger charge is 2.66. The van der Waals surface area contributed by atoms with Crippen LogP contribution in [0.15, 0.2) is 12.2 Å². The zero-order valence-electron chi connectivity index (χ0n) is 8.04. The van der Waals surface area contributed by atoms with Crippen LogP contribution >= 0.6 is 0 Å². The lowest BCUT2D eigenvalue weighted by Gasteiger charge is -2.48. The molecule has 0 aromatic carbocycles. The molecule has 0 saturated heterocycles. The Morgan fingerprint density at radius 3 is 1.67 bits per heavy atom. The van der Waals surface area contributed by atoms with Gasteiger partial charge in [0.25, 0.3) is 0 Å². The average Bonchev–Trinajstić information content (AvgIpc) is 2.58. The maximum absolute atomic E-state index is 11.0. The van der Waals surface area contributed by atoms with Crippen molar-refractivity contribution >= 4 is 11.9 Å². The molecule has 80 valence electrons. The molecule has 4 nitrogen and oxygen atoms in total. The third-order valence-corrected chi connectivity index (χ3v) is 4.37. The molecular formula is C11H12O4. The number of carboxylic acids is 2. The summed E-state index contributed by atoms with van der Waals surface area (Å²) in [7, 11) is 0. The van der Waals surface area contributed by atoms with Crippen molar-refractivity contribution in [2.75, 3.05) is 0 Å². The van der Waals surface area contributed by atoms with Gasteiger partial charge >= 0.3 is 11.9 Å². The van der Waals surface area contributed by atoms with E-state index >= 15 is 0 Å². The van der Waals surface area contributed by atoms with Crippen molar-refractivity contribution in [3.63, 3.8) is 0 Å². The minimum atomic E-state index is -0.940. The van der Waals surface area contributed by atoms with Crippen LogP contribution < -0.4 is 0 Å². The molecule has 0 aromatic heterocycles. The maximum atomic E-state index is 11.0. The lowest BCUT2D eigenvalue weighted by molar-refractivity contribution is -0.175. The highest BCUT2D eigenvalue weighted by molar-refractivity contribution is 5.83. The lowest BCUT2D eigenvalue weighted by atomic mass is 9.53. The molecule has 3 aliphatic carbocycles. The number of hydrogen-bond donors (Lipinski definition) is 2. The van der Waals surface area contributed by atoms with Gasteiger partial charge in [0.1, 0.15) is 0 Å². The summed E-state index contributed by atoms with van der Waals surface area (Å²) in [6.07, 6.45) is 5.10. The summed E-state index contributed by atoms with van der Waals surface area (Å²) in [5, 5.41) is 18.1. The van der Waals surface area contributed by atoms with E-state index in [9.17, 15) is 9.59 Å². The van der Waals surface area contributed by atoms with Gasteiger partial charge in [0.15, 0.2) is 0 Å². The molecule has 4 heteroatoms.